The van der Waals surface area contributed by atoms with Gasteiger partial charge in [0, 0.05) is 12.7 Å². The van der Waals surface area contributed by atoms with Gasteiger partial charge in [0.1, 0.15) is 5.75 Å². The Morgan fingerprint density at radius 3 is 2.79 bits per heavy atom. The van der Waals surface area contributed by atoms with E-state index in [1.54, 1.807) is 18.3 Å². The predicted octanol–water partition coefficient (Wildman–Crippen LogP) is 1.36. The topological polar surface area (TPSA) is 127 Å². The van der Waals surface area contributed by atoms with Crippen molar-refractivity contribution in [1.29, 1.82) is 0 Å². The third-order valence-electron chi connectivity index (χ3n) is 6.46. The molecular formula is C24H31BN4O4. The molecule has 33 heavy (non-hydrogen) atoms. The fraction of sp³-hybridized carbons (Fsp3) is 0.458. The fourth-order valence-corrected chi connectivity index (χ4v) is 4.27. The van der Waals surface area contributed by atoms with Gasteiger partial charge in [-0.15, -0.1) is 0 Å². The zero-order valence-corrected chi connectivity index (χ0v) is 18.9. The quantitative estimate of drug-likeness (QED) is 0.336. The van der Waals surface area contributed by atoms with Gasteiger partial charge in [0.05, 0.1) is 29.7 Å². The van der Waals surface area contributed by atoms with Gasteiger partial charge >= 0.3 is 7.12 Å². The first-order valence-corrected chi connectivity index (χ1v) is 11.6. The first-order valence-electron chi connectivity index (χ1n) is 11.6. The van der Waals surface area contributed by atoms with Crippen LogP contribution in [0.5, 0.6) is 5.75 Å². The van der Waals surface area contributed by atoms with Gasteiger partial charge in [-0.2, -0.15) is 0 Å². The molecule has 0 spiro atoms. The zero-order chi connectivity index (χ0) is 23.4. The summed E-state index contributed by atoms with van der Waals surface area (Å²) in [7, 11) is -1.23. The number of fused-ring (bicyclic) bond motifs is 1. The molecule has 0 saturated heterocycles. The maximum absolute atomic E-state index is 12.6. The van der Waals surface area contributed by atoms with Crippen LogP contribution in [0.25, 0.3) is 0 Å². The molecule has 8 nitrogen and oxygen atoms in total. The molecule has 1 amide bonds. The van der Waals surface area contributed by atoms with Crippen molar-refractivity contribution in [3.63, 3.8) is 0 Å². The van der Waals surface area contributed by atoms with E-state index in [0.717, 1.165) is 29.3 Å². The Balaban J connectivity index is 1.28. The highest BCUT2D eigenvalue weighted by Gasteiger charge is 2.37. The summed E-state index contributed by atoms with van der Waals surface area (Å²) in [5.41, 5.74) is 8.99. The minimum absolute atomic E-state index is 0.131. The molecule has 2 aromatic rings. The minimum Gasteiger partial charge on any atom is -0.534 e. The van der Waals surface area contributed by atoms with E-state index in [0.29, 0.717) is 24.3 Å². The number of nitrogens with two attached hydrogens (primary N) is 1. The molecule has 1 fully saturated rings. The molecule has 5 N–H and O–H groups in total. The lowest BCUT2D eigenvalue weighted by atomic mass is 9.72. The smallest absolute Gasteiger partial charge is 0.534 e. The number of benzene rings is 1. The molecule has 1 saturated carbocycles. The Bertz CT molecular complexity index is 996. The molecule has 1 aliphatic carbocycles. The third-order valence-corrected chi connectivity index (χ3v) is 6.46. The number of nitrogens with one attached hydrogen (secondary N) is 2. The van der Waals surface area contributed by atoms with Crippen molar-refractivity contribution in [1.82, 2.24) is 15.6 Å². The number of Topliss-reactive ketones (excluding diaryl/α,β-unsaturated/α-hetero) is 1. The van der Waals surface area contributed by atoms with Crippen LogP contribution in [0.4, 0.5) is 0 Å². The van der Waals surface area contributed by atoms with Crippen molar-refractivity contribution in [2.24, 2.45) is 11.7 Å². The predicted molar refractivity (Wildman–Crippen MR) is 126 cm³/mol. The van der Waals surface area contributed by atoms with E-state index < -0.39 is 13.1 Å². The second-order valence-electron chi connectivity index (χ2n) is 9.07. The second kappa shape index (κ2) is 10.5. The summed E-state index contributed by atoms with van der Waals surface area (Å²) in [4.78, 5) is 28.8. The normalized spacial score (nSPS) is 18.6. The first kappa shape index (κ1) is 23.4. The molecule has 0 radical (unpaired) electrons. The number of hydrogen-bond donors (Lipinski definition) is 4. The fourth-order valence-electron chi connectivity index (χ4n) is 4.27. The number of nitrogens with zero attached hydrogens (tertiary/aromatic N) is 1. The molecule has 1 aliphatic heterocycles. The molecular weight excluding hydrogens is 419 g/mol. The number of pyridine rings is 1. The van der Waals surface area contributed by atoms with Crippen molar-refractivity contribution in [2.75, 3.05) is 13.1 Å². The first-order chi connectivity index (χ1) is 15.9. The standard InChI is InChI=1S/C24H31BN4O4/c1-15(30)19-7-3-6-18-11-22(25(32)33-24(18)19)29-23(31)10-17-8-9-21(28-13-17)20(26)14-27-12-16-4-2-5-16/h3,6-9,13,16,20,22,27,32H,2,4-5,10-12,14,26H2,1H3,(H,29,31)/t20?,22-/m0/s1. The molecule has 0 bridgehead atoms. The Labute approximate surface area is 194 Å². The summed E-state index contributed by atoms with van der Waals surface area (Å²) in [5.74, 6) is 0.195. The van der Waals surface area contributed by atoms with E-state index in [9.17, 15) is 14.6 Å². The average Bonchev–Trinajstić information content (AvgIpc) is 2.75. The summed E-state index contributed by atoms with van der Waals surface area (Å²) in [6.07, 6.45) is 6.11. The average molecular weight is 450 g/mol. The molecule has 4 rings (SSSR count). The maximum Gasteiger partial charge on any atom is 0.547 e. The lowest BCUT2D eigenvalue weighted by molar-refractivity contribution is -0.120. The highest BCUT2D eigenvalue weighted by molar-refractivity contribution is 6.47. The molecule has 2 heterocycles. The Kier molecular flexibility index (Phi) is 7.42. The summed E-state index contributed by atoms with van der Waals surface area (Å²) in [6.45, 7) is 3.14. The van der Waals surface area contributed by atoms with Crippen molar-refractivity contribution in [2.45, 2.75) is 51.0 Å². The molecule has 1 unspecified atom stereocenters. The van der Waals surface area contributed by atoms with Gasteiger partial charge in [-0.1, -0.05) is 24.6 Å². The van der Waals surface area contributed by atoms with Gasteiger partial charge in [0.15, 0.2) is 5.78 Å². The molecule has 2 aliphatic rings. The van der Waals surface area contributed by atoms with Crippen LogP contribution in [0.2, 0.25) is 0 Å². The van der Waals surface area contributed by atoms with Gasteiger partial charge in [0.25, 0.3) is 0 Å². The highest BCUT2D eigenvalue weighted by atomic mass is 16.5. The van der Waals surface area contributed by atoms with Gasteiger partial charge in [-0.25, -0.2) is 0 Å². The number of amides is 1. The zero-order valence-electron chi connectivity index (χ0n) is 18.9. The Hall–Kier alpha value is -2.75. The molecule has 1 aromatic carbocycles. The number of para-hydroxylation sites is 1. The van der Waals surface area contributed by atoms with Crippen molar-refractivity contribution < 1.29 is 19.3 Å². The van der Waals surface area contributed by atoms with Crippen LogP contribution in [0.3, 0.4) is 0 Å². The van der Waals surface area contributed by atoms with E-state index in [2.05, 4.69) is 15.6 Å². The summed E-state index contributed by atoms with van der Waals surface area (Å²) < 4.78 is 5.58. The van der Waals surface area contributed by atoms with Gasteiger partial charge < -0.3 is 26.0 Å². The monoisotopic (exact) mass is 450 g/mol. The number of aromatic nitrogens is 1. The van der Waals surface area contributed by atoms with E-state index in [1.165, 1.54) is 26.2 Å². The number of carbonyl (C=O) groups excluding carboxylic acids is 2. The Morgan fingerprint density at radius 1 is 1.30 bits per heavy atom. The largest absolute Gasteiger partial charge is 0.547 e. The van der Waals surface area contributed by atoms with Crippen LogP contribution in [0.1, 0.15) is 59.4 Å². The van der Waals surface area contributed by atoms with Crippen LogP contribution in [0.15, 0.2) is 36.5 Å². The van der Waals surface area contributed by atoms with Crippen molar-refractivity contribution in [3.8, 4) is 5.75 Å². The molecule has 1 aromatic heterocycles. The van der Waals surface area contributed by atoms with Crippen LogP contribution in [-0.2, 0) is 17.6 Å². The molecule has 174 valence electrons. The van der Waals surface area contributed by atoms with E-state index in [1.807, 2.05) is 18.2 Å². The van der Waals surface area contributed by atoms with Crippen LogP contribution in [0, 0.1) is 5.92 Å². The van der Waals surface area contributed by atoms with E-state index in [-0.39, 0.29) is 24.2 Å². The van der Waals surface area contributed by atoms with Gasteiger partial charge in [-0.3, -0.25) is 14.6 Å². The number of hydrogen-bond acceptors (Lipinski definition) is 7. The molecule has 2 atom stereocenters. The summed E-state index contributed by atoms with van der Waals surface area (Å²) in [5, 5.41) is 16.6. The highest BCUT2D eigenvalue weighted by Crippen LogP contribution is 2.30. The van der Waals surface area contributed by atoms with Crippen molar-refractivity contribution in [3.05, 3.63) is 58.9 Å². The van der Waals surface area contributed by atoms with E-state index >= 15 is 0 Å². The van der Waals surface area contributed by atoms with Crippen LogP contribution < -0.4 is 21.0 Å². The third kappa shape index (κ3) is 5.79. The number of carbonyl (C=O) groups is 2. The lowest BCUT2D eigenvalue weighted by Crippen LogP contribution is -2.53. The minimum atomic E-state index is -1.23. The summed E-state index contributed by atoms with van der Waals surface area (Å²) in [6, 6.07) is 8.80. The van der Waals surface area contributed by atoms with Crippen LogP contribution in [-0.4, -0.2) is 47.8 Å². The SMILES string of the molecule is CC(=O)c1cccc2c1OB(O)[C@@H](NC(=O)Cc1ccc(C(N)CNCC3CCC3)nc1)C2. The lowest BCUT2D eigenvalue weighted by Gasteiger charge is -2.29. The van der Waals surface area contributed by atoms with Gasteiger partial charge in [-0.05, 0) is 61.9 Å². The van der Waals surface area contributed by atoms with E-state index in [4.69, 9.17) is 10.4 Å². The number of rotatable bonds is 9. The summed E-state index contributed by atoms with van der Waals surface area (Å²) >= 11 is 0. The molecule has 9 heteroatoms. The Morgan fingerprint density at radius 2 is 2.12 bits per heavy atom. The maximum atomic E-state index is 12.6. The van der Waals surface area contributed by atoms with Crippen molar-refractivity contribution >= 4 is 18.8 Å². The second-order valence-corrected chi connectivity index (χ2v) is 9.07. The van der Waals surface area contributed by atoms with Gasteiger partial charge in [0.2, 0.25) is 5.91 Å². The van der Waals surface area contributed by atoms with Crippen LogP contribution >= 0.6 is 0 Å². The number of ketones is 1.